The topological polar surface area (TPSA) is 56.8 Å². The highest BCUT2D eigenvalue weighted by Crippen LogP contribution is 2.40. The molecular formula is C18H19F2NO4. The van der Waals surface area contributed by atoms with Crippen LogP contribution < -0.4 is 19.5 Å². The number of ether oxygens (including phenoxy) is 3. The van der Waals surface area contributed by atoms with Gasteiger partial charge in [0.2, 0.25) is 11.7 Å². The average Bonchev–Trinajstić information content (AvgIpc) is 2.61. The van der Waals surface area contributed by atoms with Gasteiger partial charge in [0.05, 0.1) is 27.0 Å². The largest absolute Gasteiger partial charge is 0.493 e. The summed E-state index contributed by atoms with van der Waals surface area (Å²) < 4.78 is 42.3. The fourth-order valence-electron chi connectivity index (χ4n) is 2.41. The van der Waals surface area contributed by atoms with Crippen molar-refractivity contribution in [1.29, 1.82) is 0 Å². The SMILES string of the molecule is COc1ccc(CCC(=O)Nc2ccc(F)cc2F)c(OC)c1OC. The number of methoxy groups -OCH3 is 3. The number of rotatable bonds is 7. The number of carbonyl (C=O) groups excluding carboxylic acids is 1. The second kappa shape index (κ2) is 8.32. The van der Waals surface area contributed by atoms with Crippen LogP contribution in [0.1, 0.15) is 12.0 Å². The molecule has 0 aliphatic carbocycles. The zero-order chi connectivity index (χ0) is 18.4. The Bertz CT molecular complexity index is 765. The number of amides is 1. The Morgan fingerprint density at radius 2 is 1.72 bits per heavy atom. The van der Waals surface area contributed by atoms with Crippen LogP contribution in [0.5, 0.6) is 17.2 Å². The van der Waals surface area contributed by atoms with E-state index in [1.165, 1.54) is 27.4 Å². The van der Waals surface area contributed by atoms with Crippen molar-refractivity contribution in [3.8, 4) is 17.2 Å². The summed E-state index contributed by atoms with van der Waals surface area (Å²) in [6.07, 6.45) is 0.431. The van der Waals surface area contributed by atoms with Gasteiger partial charge in [0.1, 0.15) is 11.6 Å². The van der Waals surface area contributed by atoms with Crippen molar-refractivity contribution in [3.05, 3.63) is 47.5 Å². The maximum Gasteiger partial charge on any atom is 0.224 e. The third-order valence-electron chi connectivity index (χ3n) is 3.61. The molecule has 0 saturated carbocycles. The molecule has 0 radical (unpaired) electrons. The van der Waals surface area contributed by atoms with E-state index in [-0.39, 0.29) is 12.1 Å². The number of nitrogens with one attached hydrogen (secondary N) is 1. The van der Waals surface area contributed by atoms with Crippen LogP contribution in [0.25, 0.3) is 0 Å². The first-order valence-corrected chi connectivity index (χ1v) is 7.53. The first-order valence-electron chi connectivity index (χ1n) is 7.53. The number of aryl methyl sites for hydroxylation is 1. The molecule has 0 aromatic heterocycles. The van der Waals surface area contributed by atoms with E-state index in [2.05, 4.69) is 5.32 Å². The Morgan fingerprint density at radius 3 is 2.32 bits per heavy atom. The molecule has 2 rings (SSSR count). The lowest BCUT2D eigenvalue weighted by atomic mass is 10.1. The Kier molecular flexibility index (Phi) is 6.16. The first kappa shape index (κ1) is 18.5. The molecule has 0 fully saturated rings. The van der Waals surface area contributed by atoms with E-state index in [9.17, 15) is 13.6 Å². The highest BCUT2D eigenvalue weighted by atomic mass is 19.1. The van der Waals surface area contributed by atoms with Crippen LogP contribution in [0.4, 0.5) is 14.5 Å². The summed E-state index contributed by atoms with van der Waals surface area (Å²) in [6, 6.07) is 6.46. The third-order valence-corrected chi connectivity index (χ3v) is 3.61. The average molecular weight is 351 g/mol. The molecule has 0 heterocycles. The molecule has 0 saturated heterocycles. The van der Waals surface area contributed by atoms with Gasteiger partial charge in [0.25, 0.3) is 0 Å². The van der Waals surface area contributed by atoms with E-state index < -0.39 is 17.5 Å². The third kappa shape index (κ3) is 4.37. The van der Waals surface area contributed by atoms with Gasteiger partial charge in [-0.05, 0) is 30.2 Å². The van der Waals surface area contributed by atoms with Gasteiger partial charge in [0, 0.05) is 12.5 Å². The monoisotopic (exact) mass is 351 g/mol. The zero-order valence-electron chi connectivity index (χ0n) is 14.2. The number of hydrogen-bond acceptors (Lipinski definition) is 4. The van der Waals surface area contributed by atoms with Gasteiger partial charge >= 0.3 is 0 Å². The van der Waals surface area contributed by atoms with Crippen molar-refractivity contribution in [1.82, 2.24) is 0 Å². The zero-order valence-corrected chi connectivity index (χ0v) is 14.2. The van der Waals surface area contributed by atoms with Crippen LogP contribution >= 0.6 is 0 Å². The fourth-order valence-corrected chi connectivity index (χ4v) is 2.41. The fraction of sp³-hybridized carbons (Fsp3) is 0.278. The van der Waals surface area contributed by atoms with Crippen molar-refractivity contribution < 1.29 is 27.8 Å². The van der Waals surface area contributed by atoms with Gasteiger partial charge in [-0.15, -0.1) is 0 Å². The predicted molar refractivity (Wildman–Crippen MR) is 89.4 cm³/mol. The van der Waals surface area contributed by atoms with Crippen LogP contribution in [0.3, 0.4) is 0 Å². The van der Waals surface area contributed by atoms with Crippen LogP contribution in [-0.4, -0.2) is 27.2 Å². The van der Waals surface area contributed by atoms with E-state index >= 15 is 0 Å². The van der Waals surface area contributed by atoms with Gasteiger partial charge in [-0.3, -0.25) is 4.79 Å². The van der Waals surface area contributed by atoms with Crippen LogP contribution in [0, 0.1) is 11.6 Å². The van der Waals surface area contributed by atoms with Gasteiger partial charge < -0.3 is 19.5 Å². The van der Waals surface area contributed by atoms with Crippen LogP contribution in [0.15, 0.2) is 30.3 Å². The summed E-state index contributed by atoms with van der Waals surface area (Å²) >= 11 is 0. The van der Waals surface area contributed by atoms with Gasteiger partial charge in [-0.25, -0.2) is 8.78 Å². The van der Waals surface area contributed by atoms with Crippen molar-refractivity contribution in [2.45, 2.75) is 12.8 Å². The summed E-state index contributed by atoms with van der Waals surface area (Å²) in [4.78, 5) is 12.0. The molecule has 7 heteroatoms. The molecule has 1 amide bonds. The summed E-state index contributed by atoms with van der Waals surface area (Å²) in [5.74, 6) is -0.499. The molecule has 0 unspecified atom stereocenters. The van der Waals surface area contributed by atoms with Crippen molar-refractivity contribution >= 4 is 11.6 Å². The molecular weight excluding hydrogens is 332 g/mol. The quantitative estimate of drug-likeness (QED) is 0.829. The number of carbonyl (C=O) groups is 1. The lowest BCUT2D eigenvalue weighted by molar-refractivity contribution is -0.116. The Balaban J connectivity index is 2.09. The smallest absolute Gasteiger partial charge is 0.224 e. The standard InChI is InChI=1S/C18H19F2NO4/c1-23-15-8-4-11(17(24-2)18(15)25-3)5-9-16(22)21-14-7-6-12(19)10-13(14)20/h4,6-8,10H,5,9H2,1-3H3,(H,21,22). The molecule has 0 aliphatic rings. The highest BCUT2D eigenvalue weighted by molar-refractivity contribution is 5.91. The van der Waals surface area contributed by atoms with Gasteiger partial charge in [-0.1, -0.05) is 6.07 Å². The van der Waals surface area contributed by atoms with Crippen molar-refractivity contribution in [2.75, 3.05) is 26.6 Å². The molecule has 134 valence electrons. The molecule has 1 N–H and O–H groups in total. The number of halogens is 2. The molecule has 25 heavy (non-hydrogen) atoms. The minimum atomic E-state index is -0.822. The molecule has 0 bridgehead atoms. The lowest BCUT2D eigenvalue weighted by Crippen LogP contribution is -2.14. The highest BCUT2D eigenvalue weighted by Gasteiger charge is 2.17. The van der Waals surface area contributed by atoms with Crippen molar-refractivity contribution in [2.24, 2.45) is 0 Å². The summed E-state index contributed by atoms with van der Waals surface area (Å²) in [6.45, 7) is 0. The molecule has 5 nitrogen and oxygen atoms in total. The Morgan fingerprint density at radius 1 is 1.00 bits per heavy atom. The normalized spacial score (nSPS) is 10.3. The second-order valence-corrected chi connectivity index (χ2v) is 5.17. The Labute approximate surface area is 144 Å². The molecule has 0 aliphatic heterocycles. The van der Waals surface area contributed by atoms with E-state index in [1.807, 2.05) is 0 Å². The maximum absolute atomic E-state index is 13.6. The molecule has 0 atom stereocenters. The minimum Gasteiger partial charge on any atom is -0.493 e. The minimum absolute atomic E-state index is 0.0642. The summed E-state index contributed by atoms with van der Waals surface area (Å²) in [7, 11) is 4.50. The van der Waals surface area contributed by atoms with E-state index in [0.717, 1.165) is 11.6 Å². The van der Waals surface area contributed by atoms with Crippen LogP contribution in [-0.2, 0) is 11.2 Å². The first-order chi connectivity index (χ1) is 12.0. The summed E-state index contributed by atoms with van der Waals surface area (Å²) in [5, 5.41) is 2.42. The Hall–Kier alpha value is -2.83. The molecule has 0 spiro atoms. The predicted octanol–water partition coefficient (Wildman–Crippen LogP) is 3.56. The van der Waals surface area contributed by atoms with E-state index in [4.69, 9.17) is 14.2 Å². The molecule has 2 aromatic rings. The number of anilines is 1. The number of hydrogen-bond donors (Lipinski definition) is 1. The molecule has 2 aromatic carbocycles. The maximum atomic E-state index is 13.6. The van der Waals surface area contributed by atoms with Gasteiger partial charge in [-0.2, -0.15) is 0 Å². The van der Waals surface area contributed by atoms with E-state index in [0.29, 0.717) is 29.7 Å². The second-order valence-electron chi connectivity index (χ2n) is 5.17. The van der Waals surface area contributed by atoms with Crippen molar-refractivity contribution in [3.63, 3.8) is 0 Å². The van der Waals surface area contributed by atoms with Gasteiger partial charge in [0.15, 0.2) is 11.5 Å². The lowest BCUT2D eigenvalue weighted by Gasteiger charge is -2.15. The summed E-state index contributed by atoms with van der Waals surface area (Å²) in [5.41, 5.74) is 0.681. The van der Waals surface area contributed by atoms with Crippen LogP contribution in [0.2, 0.25) is 0 Å². The van der Waals surface area contributed by atoms with E-state index in [1.54, 1.807) is 12.1 Å². The number of benzene rings is 2.